The van der Waals surface area contributed by atoms with E-state index >= 15 is 0 Å². The summed E-state index contributed by atoms with van der Waals surface area (Å²) in [6, 6.07) is 9.02. The first-order chi connectivity index (χ1) is 9.18. The normalized spacial score (nSPS) is 14.1. The van der Waals surface area contributed by atoms with Crippen LogP contribution in [0.15, 0.2) is 35.7 Å². The number of amides is 1. The van der Waals surface area contributed by atoms with Gasteiger partial charge in [-0.2, -0.15) is 0 Å². The highest BCUT2D eigenvalue weighted by atomic mass is 35.5. The molecular formula is C14H10ClNO2S. The van der Waals surface area contributed by atoms with Crippen LogP contribution in [0.2, 0.25) is 5.02 Å². The number of ketones is 1. The van der Waals surface area contributed by atoms with Gasteiger partial charge in [-0.15, -0.1) is 11.3 Å². The van der Waals surface area contributed by atoms with E-state index in [4.69, 9.17) is 11.6 Å². The zero-order valence-corrected chi connectivity index (χ0v) is 11.5. The van der Waals surface area contributed by atoms with Gasteiger partial charge >= 0.3 is 0 Å². The monoisotopic (exact) mass is 291 g/mol. The molecular weight excluding hydrogens is 282 g/mol. The fourth-order valence-electron chi connectivity index (χ4n) is 2.20. The van der Waals surface area contributed by atoms with E-state index < -0.39 is 11.7 Å². The topological polar surface area (TPSA) is 37.4 Å². The standard InChI is InChI=1S/C14H10ClNO2S/c15-11-5-1-4-10-12(11)16(14(18)13(10)17)7-6-9-3-2-8-19-9/h1-5,8H,6-7H2. The number of hydrogen-bond acceptors (Lipinski definition) is 3. The molecule has 0 spiro atoms. The number of halogens is 1. The highest BCUT2D eigenvalue weighted by molar-refractivity contribution is 7.09. The Bertz CT molecular complexity index is 651. The van der Waals surface area contributed by atoms with Gasteiger partial charge in [0.25, 0.3) is 11.7 Å². The van der Waals surface area contributed by atoms with Gasteiger partial charge in [-0.25, -0.2) is 0 Å². The lowest BCUT2D eigenvalue weighted by Gasteiger charge is -2.16. The van der Waals surface area contributed by atoms with Crippen molar-refractivity contribution in [3.8, 4) is 0 Å². The maximum absolute atomic E-state index is 12.0. The van der Waals surface area contributed by atoms with E-state index in [1.165, 1.54) is 9.78 Å². The number of carbonyl (C=O) groups excluding carboxylic acids is 2. The van der Waals surface area contributed by atoms with E-state index in [1.807, 2.05) is 17.5 Å². The molecule has 0 radical (unpaired) electrons. The number of nitrogens with zero attached hydrogens (tertiary/aromatic N) is 1. The molecule has 1 aromatic carbocycles. The van der Waals surface area contributed by atoms with Crippen molar-refractivity contribution < 1.29 is 9.59 Å². The molecule has 1 amide bonds. The van der Waals surface area contributed by atoms with Crippen LogP contribution >= 0.6 is 22.9 Å². The SMILES string of the molecule is O=C1C(=O)N(CCc2cccs2)c2c(Cl)cccc21. The molecule has 3 nitrogen and oxygen atoms in total. The van der Waals surface area contributed by atoms with Crippen LogP contribution in [0.5, 0.6) is 0 Å². The first-order valence-electron chi connectivity index (χ1n) is 5.85. The fraction of sp³-hybridized carbons (Fsp3) is 0.143. The van der Waals surface area contributed by atoms with Crippen LogP contribution in [0, 0.1) is 0 Å². The minimum Gasteiger partial charge on any atom is -0.303 e. The average Bonchev–Trinajstić information content (AvgIpc) is 2.99. The van der Waals surface area contributed by atoms with Crippen LogP contribution in [-0.2, 0) is 11.2 Å². The summed E-state index contributed by atoms with van der Waals surface area (Å²) < 4.78 is 0. The third kappa shape index (κ3) is 2.07. The van der Waals surface area contributed by atoms with Gasteiger partial charge < -0.3 is 4.90 Å². The number of para-hydroxylation sites is 1. The van der Waals surface area contributed by atoms with Crippen molar-refractivity contribution in [3.05, 3.63) is 51.2 Å². The Labute approximate surface area is 119 Å². The number of anilines is 1. The summed E-state index contributed by atoms with van der Waals surface area (Å²) >= 11 is 7.75. The number of rotatable bonds is 3. The van der Waals surface area contributed by atoms with E-state index in [2.05, 4.69) is 0 Å². The molecule has 0 bridgehead atoms. The van der Waals surface area contributed by atoms with Gasteiger partial charge in [-0.3, -0.25) is 9.59 Å². The van der Waals surface area contributed by atoms with Crippen molar-refractivity contribution >= 4 is 40.3 Å². The second-order valence-electron chi connectivity index (χ2n) is 4.25. The third-order valence-electron chi connectivity index (χ3n) is 3.10. The second-order valence-corrected chi connectivity index (χ2v) is 5.69. The summed E-state index contributed by atoms with van der Waals surface area (Å²) in [6.45, 7) is 0.474. The molecule has 1 aliphatic rings. The predicted molar refractivity (Wildman–Crippen MR) is 76.2 cm³/mol. The molecule has 1 aliphatic heterocycles. The Morgan fingerprint density at radius 1 is 1.16 bits per heavy atom. The molecule has 0 fully saturated rings. The first kappa shape index (κ1) is 12.4. The quantitative estimate of drug-likeness (QED) is 0.815. The van der Waals surface area contributed by atoms with Crippen LogP contribution in [0.1, 0.15) is 15.2 Å². The van der Waals surface area contributed by atoms with E-state index in [9.17, 15) is 9.59 Å². The zero-order chi connectivity index (χ0) is 13.4. The molecule has 1 aromatic heterocycles. The van der Waals surface area contributed by atoms with E-state index in [1.54, 1.807) is 29.5 Å². The number of carbonyl (C=O) groups is 2. The average molecular weight is 292 g/mol. The lowest BCUT2D eigenvalue weighted by Crippen LogP contribution is -2.31. The van der Waals surface area contributed by atoms with Crippen LogP contribution < -0.4 is 4.90 Å². The van der Waals surface area contributed by atoms with Crippen molar-refractivity contribution in [2.45, 2.75) is 6.42 Å². The summed E-state index contributed by atoms with van der Waals surface area (Å²) in [7, 11) is 0. The minimum absolute atomic E-state index is 0.406. The van der Waals surface area contributed by atoms with Crippen molar-refractivity contribution in [1.82, 2.24) is 0 Å². The Balaban J connectivity index is 1.90. The van der Waals surface area contributed by atoms with Crippen molar-refractivity contribution in [1.29, 1.82) is 0 Å². The minimum atomic E-state index is -0.486. The number of benzene rings is 1. The number of hydrogen-bond donors (Lipinski definition) is 0. The zero-order valence-electron chi connectivity index (χ0n) is 9.93. The van der Waals surface area contributed by atoms with Gasteiger partial charge in [-0.1, -0.05) is 23.7 Å². The van der Waals surface area contributed by atoms with Crippen molar-refractivity contribution in [2.75, 3.05) is 11.4 Å². The molecule has 0 N–H and O–H groups in total. The molecule has 96 valence electrons. The van der Waals surface area contributed by atoms with Crippen molar-refractivity contribution in [2.24, 2.45) is 0 Å². The van der Waals surface area contributed by atoms with E-state index in [-0.39, 0.29) is 0 Å². The maximum atomic E-state index is 12.0. The summed E-state index contributed by atoms with van der Waals surface area (Å²) in [5.74, 6) is -0.955. The molecule has 0 aliphatic carbocycles. The predicted octanol–water partition coefficient (Wildman–Crippen LogP) is 3.17. The number of thiophene rings is 1. The molecule has 0 unspecified atom stereocenters. The Morgan fingerprint density at radius 3 is 2.74 bits per heavy atom. The highest BCUT2D eigenvalue weighted by Crippen LogP contribution is 2.35. The summed E-state index contributed by atoms with van der Waals surface area (Å²) in [6.07, 6.45) is 0.724. The summed E-state index contributed by atoms with van der Waals surface area (Å²) in [4.78, 5) is 26.5. The van der Waals surface area contributed by atoms with Crippen LogP contribution in [0.25, 0.3) is 0 Å². The summed E-state index contributed by atoms with van der Waals surface area (Å²) in [5.41, 5.74) is 0.958. The Kier molecular flexibility index (Phi) is 3.12. The molecule has 19 heavy (non-hydrogen) atoms. The van der Waals surface area contributed by atoms with E-state index in [0.29, 0.717) is 22.8 Å². The molecule has 3 rings (SSSR count). The summed E-state index contributed by atoms with van der Waals surface area (Å²) in [5, 5.41) is 2.44. The van der Waals surface area contributed by atoms with Gasteiger partial charge in [0.2, 0.25) is 0 Å². The molecule has 0 atom stereocenters. The Morgan fingerprint density at radius 2 is 2.00 bits per heavy atom. The molecule has 0 saturated carbocycles. The van der Waals surface area contributed by atoms with Crippen LogP contribution in [-0.4, -0.2) is 18.2 Å². The molecule has 5 heteroatoms. The van der Waals surface area contributed by atoms with Gasteiger partial charge in [0.15, 0.2) is 0 Å². The Hall–Kier alpha value is -1.65. The number of fused-ring (bicyclic) bond motifs is 1. The van der Waals surface area contributed by atoms with Crippen LogP contribution in [0.3, 0.4) is 0 Å². The van der Waals surface area contributed by atoms with E-state index in [0.717, 1.165) is 6.42 Å². The van der Waals surface area contributed by atoms with Gasteiger partial charge in [0, 0.05) is 11.4 Å². The number of Topliss-reactive ketones (excluding diaryl/α,β-unsaturated/α-hetero) is 1. The van der Waals surface area contributed by atoms with Gasteiger partial charge in [0.1, 0.15) is 0 Å². The largest absolute Gasteiger partial charge is 0.303 e. The van der Waals surface area contributed by atoms with Gasteiger partial charge in [0.05, 0.1) is 16.3 Å². The van der Waals surface area contributed by atoms with Gasteiger partial charge in [-0.05, 0) is 30.0 Å². The maximum Gasteiger partial charge on any atom is 0.299 e. The lowest BCUT2D eigenvalue weighted by molar-refractivity contribution is -0.114. The fourth-order valence-corrected chi connectivity index (χ4v) is 3.18. The molecule has 2 heterocycles. The first-order valence-corrected chi connectivity index (χ1v) is 7.11. The molecule has 2 aromatic rings. The molecule has 0 saturated heterocycles. The van der Waals surface area contributed by atoms with Crippen LogP contribution in [0.4, 0.5) is 5.69 Å². The highest BCUT2D eigenvalue weighted by Gasteiger charge is 2.36. The lowest BCUT2D eigenvalue weighted by atomic mass is 10.1. The second kappa shape index (κ2) is 4.79. The smallest absolute Gasteiger partial charge is 0.299 e. The third-order valence-corrected chi connectivity index (χ3v) is 4.34. The van der Waals surface area contributed by atoms with Crippen molar-refractivity contribution in [3.63, 3.8) is 0 Å².